The molecule has 0 saturated heterocycles. The van der Waals surface area contributed by atoms with E-state index in [1.54, 1.807) is 6.92 Å². The first-order valence-electron chi connectivity index (χ1n) is 5.28. The molecule has 0 fully saturated rings. The molecule has 4 nitrogen and oxygen atoms in total. The molecule has 0 bridgehead atoms. The Labute approximate surface area is 95.0 Å². The Kier molecular flexibility index (Phi) is 4.46. The number of ether oxygens (including phenoxy) is 1. The molecular weight excluding hydrogens is 206 g/mol. The molecule has 1 rings (SSSR count). The summed E-state index contributed by atoms with van der Waals surface area (Å²) >= 11 is 0. The molecule has 1 unspecified atom stereocenters. The second-order valence-electron chi connectivity index (χ2n) is 3.63. The third-order valence-corrected chi connectivity index (χ3v) is 2.27. The van der Waals surface area contributed by atoms with Crippen molar-refractivity contribution in [1.29, 1.82) is 0 Å². The van der Waals surface area contributed by atoms with Gasteiger partial charge in [0.25, 0.3) is 0 Å². The van der Waals surface area contributed by atoms with Gasteiger partial charge in [-0.05, 0) is 18.9 Å². The summed E-state index contributed by atoms with van der Waals surface area (Å²) in [4.78, 5) is 11.3. The highest BCUT2D eigenvalue weighted by molar-refractivity contribution is 5.78. The molecule has 0 aliphatic carbocycles. The SMILES string of the molecule is CCOC(=O)C(N)(O)CCc1ccccc1. The van der Waals surface area contributed by atoms with E-state index in [0.717, 1.165) is 5.56 Å². The molecule has 88 valence electrons. The Hall–Kier alpha value is -1.39. The fourth-order valence-corrected chi connectivity index (χ4v) is 1.34. The number of hydrogen-bond acceptors (Lipinski definition) is 4. The minimum Gasteiger partial charge on any atom is -0.463 e. The van der Waals surface area contributed by atoms with Crippen molar-refractivity contribution < 1.29 is 14.6 Å². The van der Waals surface area contributed by atoms with Gasteiger partial charge in [0.05, 0.1) is 6.61 Å². The lowest BCUT2D eigenvalue weighted by molar-refractivity contribution is -0.165. The van der Waals surface area contributed by atoms with Gasteiger partial charge in [0.15, 0.2) is 0 Å². The van der Waals surface area contributed by atoms with Crippen molar-refractivity contribution >= 4 is 5.97 Å². The second kappa shape index (κ2) is 5.63. The third-order valence-electron chi connectivity index (χ3n) is 2.27. The van der Waals surface area contributed by atoms with E-state index in [1.807, 2.05) is 30.3 Å². The number of esters is 1. The number of nitrogens with two attached hydrogens (primary N) is 1. The van der Waals surface area contributed by atoms with E-state index in [0.29, 0.717) is 6.42 Å². The Balaban J connectivity index is 2.51. The van der Waals surface area contributed by atoms with Crippen LogP contribution in [0.15, 0.2) is 30.3 Å². The molecule has 1 aromatic rings. The number of aryl methyl sites for hydroxylation is 1. The summed E-state index contributed by atoms with van der Waals surface area (Å²) in [5, 5.41) is 9.68. The molecule has 0 aliphatic rings. The van der Waals surface area contributed by atoms with E-state index in [9.17, 15) is 9.90 Å². The number of benzene rings is 1. The number of aliphatic hydroxyl groups is 1. The largest absolute Gasteiger partial charge is 0.463 e. The molecule has 0 aliphatic heterocycles. The molecule has 0 saturated carbocycles. The second-order valence-corrected chi connectivity index (χ2v) is 3.63. The van der Waals surface area contributed by atoms with E-state index in [-0.39, 0.29) is 13.0 Å². The lowest BCUT2D eigenvalue weighted by atomic mass is 10.0. The van der Waals surface area contributed by atoms with Crippen LogP contribution in [-0.4, -0.2) is 23.4 Å². The summed E-state index contributed by atoms with van der Waals surface area (Å²) in [5.74, 6) is -0.772. The first-order chi connectivity index (χ1) is 7.56. The van der Waals surface area contributed by atoms with Crippen LogP contribution in [0.25, 0.3) is 0 Å². The van der Waals surface area contributed by atoms with Crippen LogP contribution in [-0.2, 0) is 16.0 Å². The Morgan fingerprint density at radius 1 is 1.44 bits per heavy atom. The zero-order valence-electron chi connectivity index (χ0n) is 9.35. The lowest BCUT2D eigenvalue weighted by Crippen LogP contribution is -2.49. The lowest BCUT2D eigenvalue weighted by Gasteiger charge is -2.20. The van der Waals surface area contributed by atoms with Gasteiger partial charge in [0, 0.05) is 6.42 Å². The zero-order chi connectivity index (χ0) is 12.0. The van der Waals surface area contributed by atoms with Crippen molar-refractivity contribution in [2.75, 3.05) is 6.61 Å². The first kappa shape index (κ1) is 12.7. The van der Waals surface area contributed by atoms with Gasteiger partial charge in [-0.25, -0.2) is 4.79 Å². The summed E-state index contributed by atoms with van der Waals surface area (Å²) < 4.78 is 4.68. The van der Waals surface area contributed by atoms with Gasteiger partial charge in [-0.15, -0.1) is 0 Å². The predicted molar refractivity (Wildman–Crippen MR) is 60.5 cm³/mol. The van der Waals surface area contributed by atoms with Gasteiger partial charge in [-0.1, -0.05) is 30.3 Å². The standard InChI is InChI=1S/C12H17NO3/c1-2-16-11(14)12(13,15)9-8-10-6-4-3-5-7-10/h3-7,15H,2,8-9,13H2,1H3. The number of carbonyl (C=O) groups excluding carboxylic acids is 1. The summed E-state index contributed by atoms with van der Waals surface area (Å²) in [6.45, 7) is 1.88. The average molecular weight is 223 g/mol. The maximum absolute atomic E-state index is 11.3. The Bertz CT molecular complexity index is 335. The maximum Gasteiger partial charge on any atom is 0.353 e. The van der Waals surface area contributed by atoms with Crippen molar-refractivity contribution in [2.24, 2.45) is 5.73 Å². The first-order valence-corrected chi connectivity index (χ1v) is 5.28. The molecule has 1 atom stereocenters. The van der Waals surface area contributed by atoms with Crippen LogP contribution in [0.2, 0.25) is 0 Å². The average Bonchev–Trinajstić information content (AvgIpc) is 2.28. The smallest absolute Gasteiger partial charge is 0.353 e. The van der Waals surface area contributed by atoms with Gasteiger partial charge in [-0.3, -0.25) is 5.73 Å². The number of carbonyl (C=O) groups is 1. The van der Waals surface area contributed by atoms with E-state index in [2.05, 4.69) is 4.74 Å². The van der Waals surface area contributed by atoms with Crippen LogP contribution < -0.4 is 5.73 Å². The van der Waals surface area contributed by atoms with Crippen LogP contribution in [0.5, 0.6) is 0 Å². The van der Waals surface area contributed by atoms with Crippen LogP contribution in [0, 0.1) is 0 Å². The van der Waals surface area contributed by atoms with Gasteiger partial charge in [0.1, 0.15) is 0 Å². The highest BCUT2D eigenvalue weighted by Gasteiger charge is 2.32. The summed E-state index contributed by atoms with van der Waals surface area (Å²) in [7, 11) is 0. The van der Waals surface area contributed by atoms with Gasteiger partial charge in [0.2, 0.25) is 5.72 Å². The fourth-order valence-electron chi connectivity index (χ4n) is 1.34. The van der Waals surface area contributed by atoms with Gasteiger partial charge in [-0.2, -0.15) is 0 Å². The topological polar surface area (TPSA) is 72.5 Å². The van der Waals surface area contributed by atoms with Crippen molar-refractivity contribution in [3.05, 3.63) is 35.9 Å². The normalized spacial score (nSPS) is 14.2. The van der Waals surface area contributed by atoms with E-state index in [1.165, 1.54) is 0 Å². The zero-order valence-corrected chi connectivity index (χ0v) is 9.35. The summed E-state index contributed by atoms with van der Waals surface area (Å²) in [6.07, 6.45) is 0.683. The molecular formula is C12H17NO3. The Morgan fingerprint density at radius 2 is 2.06 bits per heavy atom. The van der Waals surface area contributed by atoms with Crippen molar-refractivity contribution in [1.82, 2.24) is 0 Å². The maximum atomic E-state index is 11.3. The number of rotatable bonds is 5. The van der Waals surface area contributed by atoms with Crippen LogP contribution >= 0.6 is 0 Å². The minimum absolute atomic E-state index is 0.149. The fraction of sp³-hybridized carbons (Fsp3) is 0.417. The third kappa shape index (κ3) is 3.64. The van der Waals surface area contributed by atoms with E-state index in [4.69, 9.17) is 5.73 Å². The van der Waals surface area contributed by atoms with E-state index >= 15 is 0 Å². The van der Waals surface area contributed by atoms with Crippen LogP contribution in [0.4, 0.5) is 0 Å². The summed E-state index contributed by atoms with van der Waals surface area (Å²) in [5.41, 5.74) is 4.60. The quantitative estimate of drug-likeness (QED) is 0.573. The van der Waals surface area contributed by atoms with E-state index < -0.39 is 11.7 Å². The molecule has 4 heteroatoms. The van der Waals surface area contributed by atoms with Crippen molar-refractivity contribution in [3.63, 3.8) is 0 Å². The predicted octanol–water partition coefficient (Wildman–Crippen LogP) is 0.830. The van der Waals surface area contributed by atoms with Crippen molar-refractivity contribution in [2.45, 2.75) is 25.5 Å². The highest BCUT2D eigenvalue weighted by Crippen LogP contribution is 2.11. The molecule has 3 N–H and O–H groups in total. The van der Waals surface area contributed by atoms with Gasteiger partial charge >= 0.3 is 5.97 Å². The molecule has 1 aromatic carbocycles. The van der Waals surface area contributed by atoms with Crippen LogP contribution in [0.3, 0.4) is 0 Å². The minimum atomic E-state index is -1.90. The molecule has 0 heterocycles. The molecule has 16 heavy (non-hydrogen) atoms. The number of hydrogen-bond donors (Lipinski definition) is 2. The molecule has 0 radical (unpaired) electrons. The monoisotopic (exact) mass is 223 g/mol. The Morgan fingerprint density at radius 3 is 2.62 bits per heavy atom. The summed E-state index contributed by atoms with van der Waals surface area (Å²) in [6, 6.07) is 9.54. The molecule has 0 spiro atoms. The van der Waals surface area contributed by atoms with Gasteiger partial charge < -0.3 is 9.84 Å². The van der Waals surface area contributed by atoms with Crippen molar-refractivity contribution in [3.8, 4) is 0 Å². The molecule has 0 amide bonds. The highest BCUT2D eigenvalue weighted by atomic mass is 16.6. The molecule has 0 aromatic heterocycles. The van der Waals surface area contributed by atoms with Crippen LogP contribution in [0.1, 0.15) is 18.9 Å².